The van der Waals surface area contributed by atoms with Gasteiger partial charge in [-0.1, -0.05) is 25.7 Å². The van der Waals surface area contributed by atoms with E-state index in [-0.39, 0.29) is 11.8 Å². The maximum absolute atomic E-state index is 11.3. The van der Waals surface area contributed by atoms with Crippen LogP contribution >= 0.6 is 0 Å². The summed E-state index contributed by atoms with van der Waals surface area (Å²) in [7, 11) is 2.68. The Kier molecular flexibility index (Phi) is 9.75. The third-order valence-corrected chi connectivity index (χ3v) is 3.08. The molecular formula is C14H24O5. The van der Waals surface area contributed by atoms with Crippen LogP contribution in [0.2, 0.25) is 0 Å². The van der Waals surface area contributed by atoms with E-state index in [0.29, 0.717) is 12.8 Å². The van der Waals surface area contributed by atoms with Crippen LogP contribution in [-0.2, 0) is 23.9 Å². The molecule has 0 aromatic heterocycles. The standard InChI is InChI=1S/C14H24O5/c1-11(15)12(14(17)19-3)9-7-5-4-6-8-10-13(16)18-2/h12H,4-10H2,1-3H3. The van der Waals surface area contributed by atoms with E-state index in [1.807, 2.05) is 0 Å². The molecule has 0 aromatic carbocycles. The van der Waals surface area contributed by atoms with Gasteiger partial charge in [-0.3, -0.25) is 14.4 Å². The van der Waals surface area contributed by atoms with Gasteiger partial charge >= 0.3 is 11.9 Å². The van der Waals surface area contributed by atoms with Gasteiger partial charge < -0.3 is 9.47 Å². The van der Waals surface area contributed by atoms with Gasteiger partial charge in [-0.2, -0.15) is 0 Å². The van der Waals surface area contributed by atoms with Crippen molar-refractivity contribution in [3.63, 3.8) is 0 Å². The van der Waals surface area contributed by atoms with Gasteiger partial charge in [0.15, 0.2) is 0 Å². The van der Waals surface area contributed by atoms with E-state index in [9.17, 15) is 14.4 Å². The number of hydrogen-bond acceptors (Lipinski definition) is 5. The highest BCUT2D eigenvalue weighted by atomic mass is 16.5. The number of carbonyl (C=O) groups is 3. The number of rotatable bonds is 10. The maximum Gasteiger partial charge on any atom is 0.316 e. The Morgan fingerprint density at radius 2 is 1.47 bits per heavy atom. The van der Waals surface area contributed by atoms with E-state index in [2.05, 4.69) is 9.47 Å². The molecule has 0 rings (SSSR count). The molecule has 0 heterocycles. The van der Waals surface area contributed by atoms with Crippen LogP contribution in [0.5, 0.6) is 0 Å². The predicted molar refractivity (Wildman–Crippen MR) is 70.5 cm³/mol. The monoisotopic (exact) mass is 272 g/mol. The summed E-state index contributed by atoms with van der Waals surface area (Å²) in [6, 6.07) is 0. The molecule has 0 fully saturated rings. The van der Waals surface area contributed by atoms with E-state index in [4.69, 9.17) is 0 Å². The Hall–Kier alpha value is -1.39. The molecule has 19 heavy (non-hydrogen) atoms. The van der Waals surface area contributed by atoms with Crippen molar-refractivity contribution in [2.75, 3.05) is 14.2 Å². The van der Waals surface area contributed by atoms with Crippen LogP contribution in [0.4, 0.5) is 0 Å². The van der Waals surface area contributed by atoms with Gasteiger partial charge in [-0.25, -0.2) is 0 Å². The second-order valence-corrected chi connectivity index (χ2v) is 4.57. The average molecular weight is 272 g/mol. The largest absolute Gasteiger partial charge is 0.469 e. The molecule has 0 aromatic rings. The van der Waals surface area contributed by atoms with Gasteiger partial charge in [-0.15, -0.1) is 0 Å². The van der Waals surface area contributed by atoms with Gasteiger partial charge in [0.1, 0.15) is 11.7 Å². The van der Waals surface area contributed by atoms with Gasteiger partial charge in [0, 0.05) is 6.42 Å². The average Bonchev–Trinajstić information content (AvgIpc) is 2.40. The number of carbonyl (C=O) groups excluding carboxylic acids is 3. The number of esters is 2. The lowest BCUT2D eigenvalue weighted by molar-refractivity contribution is -0.149. The van der Waals surface area contributed by atoms with Crippen LogP contribution in [0.3, 0.4) is 0 Å². The van der Waals surface area contributed by atoms with Gasteiger partial charge in [0.25, 0.3) is 0 Å². The molecule has 5 heteroatoms. The Morgan fingerprint density at radius 3 is 2.00 bits per heavy atom. The zero-order chi connectivity index (χ0) is 14.7. The molecule has 0 amide bonds. The smallest absolute Gasteiger partial charge is 0.316 e. The highest BCUT2D eigenvalue weighted by molar-refractivity contribution is 5.97. The fourth-order valence-electron chi connectivity index (χ4n) is 1.88. The molecular weight excluding hydrogens is 248 g/mol. The number of Topliss-reactive ketones (excluding diaryl/α,β-unsaturated/α-hetero) is 1. The molecule has 0 saturated carbocycles. The van der Waals surface area contributed by atoms with Crippen LogP contribution < -0.4 is 0 Å². The first-order chi connectivity index (χ1) is 9.02. The van der Waals surface area contributed by atoms with Gasteiger partial charge in [0.2, 0.25) is 0 Å². The predicted octanol–water partition coefficient (Wildman–Crippen LogP) is 2.27. The summed E-state index contributed by atoms with van der Waals surface area (Å²) in [5.74, 6) is -1.39. The minimum atomic E-state index is -0.625. The van der Waals surface area contributed by atoms with E-state index in [1.54, 1.807) is 0 Å². The minimum absolute atomic E-state index is 0.141. The summed E-state index contributed by atoms with van der Waals surface area (Å²) in [6.07, 6.45) is 5.52. The van der Waals surface area contributed by atoms with Crippen molar-refractivity contribution in [1.82, 2.24) is 0 Å². The molecule has 1 unspecified atom stereocenters. The number of methoxy groups -OCH3 is 2. The first kappa shape index (κ1) is 17.6. The summed E-state index contributed by atoms with van der Waals surface area (Å²) < 4.78 is 9.14. The number of hydrogen-bond donors (Lipinski definition) is 0. The van der Waals surface area contributed by atoms with Gasteiger partial charge in [-0.05, 0) is 19.8 Å². The molecule has 0 bridgehead atoms. The Morgan fingerprint density at radius 1 is 0.895 bits per heavy atom. The summed E-state index contributed by atoms with van der Waals surface area (Å²) >= 11 is 0. The SMILES string of the molecule is COC(=O)CCCCCCCC(C(C)=O)C(=O)OC. The molecule has 0 aliphatic carbocycles. The number of ether oxygens (including phenoxy) is 2. The van der Waals surface area contributed by atoms with Gasteiger partial charge in [0.05, 0.1) is 14.2 Å². The fraction of sp³-hybridized carbons (Fsp3) is 0.786. The van der Waals surface area contributed by atoms with Crippen LogP contribution in [0.1, 0.15) is 51.9 Å². The van der Waals surface area contributed by atoms with Crippen molar-refractivity contribution in [2.45, 2.75) is 51.9 Å². The molecule has 0 saturated heterocycles. The summed E-state index contributed by atoms with van der Waals surface area (Å²) in [4.78, 5) is 33.5. The maximum atomic E-state index is 11.3. The molecule has 0 spiro atoms. The normalized spacial score (nSPS) is 11.7. The minimum Gasteiger partial charge on any atom is -0.469 e. The first-order valence-electron chi connectivity index (χ1n) is 6.68. The van der Waals surface area contributed by atoms with Crippen LogP contribution in [0, 0.1) is 5.92 Å². The van der Waals surface area contributed by atoms with Crippen LogP contribution in [0.15, 0.2) is 0 Å². The lowest BCUT2D eigenvalue weighted by Crippen LogP contribution is -2.23. The Bertz CT molecular complexity index is 298. The fourth-order valence-corrected chi connectivity index (χ4v) is 1.88. The van der Waals surface area contributed by atoms with Crippen molar-refractivity contribution < 1.29 is 23.9 Å². The van der Waals surface area contributed by atoms with E-state index < -0.39 is 11.9 Å². The first-order valence-corrected chi connectivity index (χ1v) is 6.68. The van der Waals surface area contributed by atoms with Crippen molar-refractivity contribution >= 4 is 17.7 Å². The number of unbranched alkanes of at least 4 members (excludes halogenated alkanes) is 4. The third kappa shape index (κ3) is 8.35. The summed E-state index contributed by atoms with van der Waals surface area (Å²) in [5, 5.41) is 0. The van der Waals surface area contributed by atoms with Crippen molar-refractivity contribution in [2.24, 2.45) is 5.92 Å². The molecule has 0 aliphatic heterocycles. The molecule has 0 radical (unpaired) electrons. The topological polar surface area (TPSA) is 69.7 Å². The Labute approximate surface area is 114 Å². The molecule has 1 atom stereocenters. The van der Waals surface area contributed by atoms with Crippen LogP contribution in [-0.4, -0.2) is 31.9 Å². The molecule has 5 nitrogen and oxygen atoms in total. The van der Waals surface area contributed by atoms with E-state index in [0.717, 1.165) is 32.1 Å². The second-order valence-electron chi connectivity index (χ2n) is 4.57. The zero-order valence-corrected chi connectivity index (χ0v) is 12.1. The van der Waals surface area contributed by atoms with Crippen molar-refractivity contribution in [3.05, 3.63) is 0 Å². The lowest BCUT2D eigenvalue weighted by Gasteiger charge is -2.10. The quantitative estimate of drug-likeness (QED) is 0.346. The Balaban J connectivity index is 3.64. The highest BCUT2D eigenvalue weighted by Gasteiger charge is 2.23. The second kappa shape index (κ2) is 10.5. The lowest BCUT2D eigenvalue weighted by atomic mass is 9.97. The summed E-state index contributed by atoms with van der Waals surface area (Å²) in [6.45, 7) is 1.41. The summed E-state index contributed by atoms with van der Waals surface area (Å²) in [5.41, 5.74) is 0. The third-order valence-electron chi connectivity index (χ3n) is 3.08. The molecule has 110 valence electrons. The van der Waals surface area contributed by atoms with Crippen molar-refractivity contribution in [1.29, 1.82) is 0 Å². The van der Waals surface area contributed by atoms with Crippen LogP contribution in [0.25, 0.3) is 0 Å². The highest BCUT2D eigenvalue weighted by Crippen LogP contribution is 2.14. The number of ketones is 1. The van der Waals surface area contributed by atoms with E-state index in [1.165, 1.54) is 21.1 Å². The molecule has 0 aliphatic rings. The van der Waals surface area contributed by atoms with Crippen molar-refractivity contribution in [3.8, 4) is 0 Å². The van der Waals surface area contributed by atoms with E-state index >= 15 is 0 Å². The zero-order valence-electron chi connectivity index (χ0n) is 12.1. The molecule has 0 N–H and O–H groups in total.